The van der Waals surface area contributed by atoms with E-state index in [2.05, 4.69) is 36.5 Å². The zero-order valence-electron chi connectivity index (χ0n) is 16.9. The van der Waals surface area contributed by atoms with Gasteiger partial charge < -0.3 is 20.6 Å². The van der Waals surface area contributed by atoms with Gasteiger partial charge in [-0.2, -0.15) is 0 Å². The Morgan fingerprint density at radius 1 is 0.926 bits per heavy atom. The molecule has 0 saturated heterocycles. The third-order valence-corrected chi connectivity index (χ3v) is 4.18. The van der Waals surface area contributed by atoms with E-state index in [1.54, 1.807) is 0 Å². The van der Waals surface area contributed by atoms with Crippen LogP contribution in [0.25, 0.3) is 0 Å². The van der Waals surface area contributed by atoms with Gasteiger partial charge in [0.15, 0.2) is 0 Å². The molecule has 5 nitrogen and oxygen atoms in total. The summed E-state index contributed by atoms with van der Waals surface area (Å²) >= 11 is 0. The molecule has 0 radical (unpaired) electrons. The highest BCUT2D eigenvalue weighted by molar-refractivity contribution is 5.75. The molecule has 0 heterocycles. The fourth-order valence-corrected chi connectivity index (χ4v) is 2.51. The van der Waals surface area contributed by atoms with Crippen LogP contribution >= 0.6 is 0 Å². The third kappa shape index (κ3) is 17.7. The van der Waals surface area contributed by atoms with E-state index in [0.29, 0.717) is 25.8 Å². The lowest BCUT2D eigenvalue weighted by Gasteiger charge is -2.15. The van der Waals surface area contributed by atoms with Gasteiger partial charge in [0.05, 0.1) is 18.8 Å². The van der Waals surface area contributed by atoms with E-state index in [1.165, 1.54) is 0 Å². The minimum atomic E-state index is -0.671. The standard InChI is InChI=1S/C22H39NO4/c1-2-3-12-15-20(25)21(26)16-13-10-8-6-4-5-7-9-11-14-17-22(27)23-18-19-24/h4,6-7,9-10,13,20-21,24-26H,2-3,5,8,11-12,14-19H2,1H3,(H,23,27)/b6-4-,9-7-,13-10-. The van der Waals surface area contributed by atoms with Gasteiger partial charge in [-0.3, -0.25) is 4.79 Å². The third-order valence-electron chi connectivity index (χ3n) is 4.18. The highest BCUT2D eigenvalue weighted by atomic mass is 16.3. The lowest BCUT2D eigenvalue weighted by Crippen LogP contribution is -2.25. The van der Waals surface area contributed by atoms with Gasteiger partial charge in [0.25, 0.3) is 0 Å². The Morgan fingerprint density at radius 3 is 2.26 bits per heavy atom. The highest BCUT2D eigenvalue weighted by Gasteiger charge is 2.13. The number of carbonyl (C=O) groups is 1. The molecule has 4 N–H and O–H groups in total. The van der Waals surface area contributed by atoms with Gasteiger partial charge in [-0.1, -0.05) is 62.6 Å². The van der Waals surface area contributed by atoms with E-state index >= 15 is 0 Å². The molecule has 2 atom stereocenters. The highest BCUT2D eigenvalue weighted by Crippen LogP contribution is 2.10. The lowest BCUT2D eigenvalue weighted by atomic mass is 10.0. The Balaban J connectivity index is 3.62. The number of amides is 1. The molecule has 0 spiro atoms. The molecule has 2 unspecified atom stereocenters. The first-order chi connectivity index (χ1) is 13.1. The van der Waals surface area contributed by atoms with Gasteiger partial charge in [0.1, 0.15) is 0 Å². The largest absolute Gasteiger partial charge is 0.395 e. The number of aliphatic hydroxyl groups excluding tert-OH is 3. The van der Waals surface area contributed by atoms with E-state index in [-0.39, 0.29) is 12.5 Å². The molecule has 0 saturated carbocycles. The molecule has 1 amide bonds. The number of aliphatic hydroxyl groups is 3. The van der Waals surface area contributed by atoms with Crippen molar-refractivity contribution in [1.82, 2.24) is 5.32 Å². The smallest absolute Gasteiger partial charge is 0.220 e. The quantitative estimate of drug-likeness (QED) is 0.230. The van der Waals surface area contributed by atoms with Gasteiger partial charge in [0, 0.05) is 13.0 Å². The van der Waals surface area contributed by atoms with Crippen LogP contribution < -0.4 is 5.32 Å². The van der Waals surface area contributed by atoms with Crippen molar-refractivity contribution in [3.05, 3.63) is 36.5 Å². The zero-order chi connectivity index (χ0) is 20.2. The first kappa shape index (κ1) is 25.6. The van der Waals surface area contributed by atoms with Crippen LogP contribution in [-0.2, 0) is 4.79 Å². The van der Waals surface area contributed by atoms with Gasteiger partial charge >= 0.3 is 0 Å². The summed E-state index contributed by atoms with van der Waals surface area (Å²) in [6, 6.07) is 0. The second-order valence-corrected chi connectivity index (χ2v) is 6.72. The second kappa shape index (κ2) is 19.3. The monoisotopic (exact) mass is 381 g/mol. The fourth-order valence-electron chi connectivity index (χ4n) is 2.51. The summed E-state index contributed by atoms with van der Waals surface area (Å²) < 4.78 is 0. The van der Waals surface area contributed by atoms with Crippen molar-refractivity contribution in [3.8, 4) is 0 Å². The number of carbonyl (C=O) groups excluding carboxylic acids is 1. The van der Waals surface area contributed by atoms with Crippen LogP contribution in [0.1, 0.15) is 71.1 Å². The van der Waals surface area contributed by atoms with Crippen LogP contribution in [0.4, 0.5) is 0 Å². The molecule has 5 heteroatoms. The minimum Gasteiger partial charge on any atom is -0.395 e. The van der Waals surface area contributed by atoms with Crippen molar-refractivity contribution in [2.24, 2.45) is 0 Å². The number of unbranched alkanes of at least 4 members (excludes halogenated alkanes) is 3. The number of nitrogens with one attached hydrogen (secondary N) is 1. The van der Waals surface area contributed by atoms with E-state index in [0.717, 1.165) is 44.9 Å². The summed E-state index contributed by atoms with van der Waals surface area (Å²) in [6.07, 6.45) is 19.2. The predicted molar refractivity (Wildman–Crippen MR) is 111 cm³/mol. The van der Waals surface area contributed by atoms with E-state index < -0.39 is 12.2 Å². The summed E-state index contributed by atoms with van der Waals surface area (Å²) in [5, 5.41) is 30.9. The van der Waals surface area contributed by atoms with Crippen LogP contribution in [0, 0.1) is 0 Å². The Kier molecular flexibility index (Phi) is 18.3. The average molecular weight is 382 g/mol. The molecular formula is C22H39NO4. The first-order valence-corrected chi connectivity index (χ1v) is 10.3. The van der Waals surface area contributed by atoms with Crippen LogP contribution in [0.15, 0.2) is 36.5 Å². The summed E-state index contributed by atoms with van der Waals surface area (Å²) in [5.74, 6) is -0.0114. The summed E-state index contributed by atoms with van der Waals surface area (Å²) in [5.41, 5.74) is 0. The molecule has 0 aliphatic heterocycles. The summed E-state index contributed by atoms with van der Waals surface area (Å²) in [6.45, 7) is 2.43. The van der Waals surface area contributed by atoms with Gasteiger partial charge in [0.2, 0.25) is 5.91 Å². The zero-order valence-corrected chi connectivity index (χ0v) is 16.9. The van der Waals surface area contributed by atoms with E-state index in [4.69, 9.17) is 5.11 Å². The van der Waals surface area contributed by atoms with Crippen molar-refractivity contribution >= 4 is 5.91 Å². The van der Waals surface area contributed by atoms with Crippen molar-refractivity contribution in [2.75, 3.05) is 13.2 Å². The average Bonchev–Trinajstić information content (AvgIpc) is 2.66. The molecule has 0 aliphatic carbocycles. The minimum absolute atomic E-state index is 0.0114. The summed E-state index contributed by atoms with van der Waals surface area (Å²) in [4.78, 5) is 11.3. The van der Waals surface area contributed by atoms with Gasteiger partial charge in [-0.15, -0.1) is 0 Å². The van der Waals surface area contributed by atoms with Crippen molar-refractivity contribution in [1.29, 1.82) is 0 Å². The number of allylic oxidation sites excluding steroid dienone is 5. The van der Waals surface area contributed by atoms with E-state index in [9.17, 15) is 15.0 Å². The van der Waals surface area contributed by atoms with Crippen LogP contribution in [0.3, 0.4) is 0 Å². The Bertz CT molecular complexity index is 432. The summed E-state index contributed by atoms with van der Waals surface area (Å²) in [7, 11) is 0. The maximum Gasteiger partial charge on any atom is 0.220 e. The maximum atomic E-state index is 11.3. The molecule has 0 bridgehead atoms. The predicted octanol–water partition coefficient (Wildman–Crippen LogP) is 3.41. The van der Waals surface area contributed by atoms with Crippen LogP contribution in [0.2, 0.25) is 0 Å². The topological polar surface area (TPSA) is 89.8 Å². The molecule has 0 aliphatic rings. The molecule has 0 rings (SSSR count). The van der Waals surface area contributed by atoms with Crippen molar-refractivity contribution < 1.29 is 20.1 Å². The van der Waals surface area contributed by atoms with Crippen LogP contribution in [-0.4, -0.2) is 46.6 Å². The Labute approximate surface area is 164 Å². The molecule has 0 aromatic rings. The number of rotatable bonds is 17. The van der Waals surface area contributed by atoms with E-state index in [1.807, 2.05) is 12.2 Å². The Morgan fingerprint density at radius 2 is 1.59 bits per heavy atom. The van der Waals surface area contributed by atoms with Gasteiger partial charge in [-0.25, -0.2) is 0 Å². The van der Waals surface area contributed by atoms with Crippen molar-refractivity contribution in [3.63, 3.8) is 0 Å². The Hall–Kier alpha value is -1.43. The van der Waals surface area contributed by atoms with Gasteiger partial charge in [-0.05, 0) is 38.5 Å². The fraction of sp³-hybridized carbons (Fsp3) is 0.682. The molecule has 0 fully saturated rings. The normalized spacial score (nSPS) is 14.4. The lowest BCUT2D eigenvalue weighted by molar-refractivity contribution is -0.121. The van der Waals surface area contributed by atoms with Crippen molar-refractivity contribution in [2.45, 2.75) is 83.3 Å². The number of hydrogen-bond acceptors (Lipinski definition) is 4. The second-order valence-electron chi connectivity index (χ2n) is 6.72. The maximum absolute atomic E-state index is 11.3. The molecule has 0 aromatic carbocycles. The van der Waals surface area contributed by atoms with Crippen LogP contribution in [0.5, 0.6) is 0 Å². The molecular weight excluding hydrogens is 342 g/mol. The molecule has 156 valence electrons. The molecule has 27 heavy (non-hydrogen) atoms. The first-order valence-electron chi connectivity index (χ1n) is 10.3. The number of hydrogen-bond donors (Lipinski definition) is 4. The SMILES string of the molecule is CCCCCC(O)C(O)C/C=C\C/C=C\C/C=C\CCCC(=O)NCCO. The molecule has 0 aromatic heterocycles.